The van der Waals surface area contributed by atoms with Crippen molar-refractivity contribution in [3.8, 4) is 0 Å². The molecule has 1 rings (SSSR count). The van der Waals surface area contributed by atoms with Gasteiger partial charge in [0, 0.05) is 0 Å². The first-order valence-electron chi connectivity index (χ1n) is 4.19. The molecule has 82 valence electrons. The third-order valence-corrected chi connectivity index (χ3v) is 3.50. The lowest BCUT2D eigenvalue weighted by atomic mass is 10.3. The number of hydrogen-bond donors (Lipinski definition) is 1. The van der Waals surface area contributed by atoms with E-state index in [1.165, 1.54) is 23.5 Å². The van der Waals surface area contributed by atoms with Crippen LogP contribution >= 0.6 is 23.5 Å². The standard InChI is InChI=1S/C9H10O4S2/c1-5(2)13-8(12)6(7(10)11)9-14-3-4-15-9/h3-5H,1-2H3,(H,10,11). The van der Waals surface area contributed by atoms with E-state index in [1.54, 1.807) is 24.7 Å². The van der Waals surface area contributed by atoms with Crippen LogP contribution in [-0.2, 0) is 14.3 Å². The summed E-state index contributed by atoms with van der Waals surface area (Å²) < 4.78 is 5.31. The smallest absolute Gasteiger partial charge is 0.347 e. The Morgan fingerprint density at radius 1 is 1.33 bits per heavy atom. The van der Waals surface area contributed by atoms with Crippen LogP contribution in [0.5, 0.6) is 0 Å². The number of carbonyl (C=O) groups is 2. The first kappa shape index (κ1) is 12.2. The number of ether oxygens (including phenoxy) is 1. The van der Waals surface area contributed by atoms with Crippen molar-refractivity contribution < 1.29 is 19.4 Å². The Kier molecular flexibility index (Phi) is 4.28. The Labute approximate surface area is 95.8 Å². The highest BCUT2D eigenvalue weighted by Crippen LogP contribution is 2.40. The lowest BCUT2D eigenvalue weighted by Crippen LogP contribution is -2.19. The molecule has 6 heteroatoms. The molecule has 4 nitrogen and oxygen atoms in total. The number of rotatable bonds is 3. The van der Waals surface area contributed by atoms with Crippen LogP contribution in [0.1, 0.15) is 13.8 Å². The van der Waals surface area contributed by atoms with Gasteiger partial charge < -0.3 is 9.84 Å². The van der Waals surface area contributed by atoms with E-state index in [1.807, 2.05) is 0 Å². The Hall–Kier alpha value is -0.880. The fourth-order valence-electron chi connectivity index (χ4n) is 0.856. The van der Waals surface area contributed by atoms with Crippen molar-refractivity contribution >= 4 is 35.5 Å². The van der Waals surface area contributed by atoms with Gasteiger partial charge in [0.2, 0.25) is 0 Å². The molecule has 0 fully saturated rings. The van der Waals surface area contributed by atoms with Gasteiger partial charge in [0.15, 0.2) is 5.57 Å². The SMILES string of the molecule is CC(C)OC(=O)C(C(=O)O)=C1SC=CS1. The number of carboxylic acid groups (broad SMARTS) is 1. The number of thioether (sulfide) groups is 2. The van der Waals surface area contributed by atoms with Crippen LogP contribution in [0.2, 0.25) is 0 Å². The second-order valence-electron chi connectivity index (χ2n) is 2.93. The first-order valence-corrected chi connectivity index (χ1v) is 5.95. The lowest BCUT2D eigenvalue weighted by Gasteiger charge is -2.09. The summed E-state index contributed by atoms with van der Waals surface area (Å²) in [7, 11) is 0. The number of carbonyl (C=O) groups excluding carboxylic acids is 1. The molecule has 0 spiro atoms. The average Bonchev–Trinajstić information content (AvgIpc) is 2.54. The molecule has 0 aliphatic carbocycles. The van der Waals surface area contributed by atoms with Gasteiger partial charge in [-0.25, -0.2) is 9.59 Å². The van der Waals surface area contributed by atoms with E-state index in [2.05, 4.69) is 0 Å². The highest BCUT2D eigenvalue weighted by Gasteiger charge is 2.26. The molecule has 0 bridgehead atoms. The molecular weight excluding hydrogens is 236 g/mol. The zero-order valence-corrected chi connectivity index (χ0v) is 9.85. The summed E-state index contributed by atoms with van der Waals surface area (Å²) in [6.45, 7) is 3.35. The maximum Gasteiger partial charge on any atom is 0.347 e. The van der Waals surface area contributed by atoms with Crippen molar-refractivity contribution in [2.24, 2.45) is 0 Å². The van der Waals surface area contributed by atoms with Crippen LogP contribution in [0.15, 0.2) is 20.6 Å². The van der Waals surface area contributed by atoms with Crippen molar-refractivity contribution in [2.75, 3.05) is 0 Å². The average molecular weight is 246 g/mol. The molecule has 0 aromatic carbocycles. The van der Waals surface area contributed by atoms with E-state index >= 15 is 0 Å². The van der Waals surface area contributed by atoms with Crippen LogP contribution < -0.4 is 0 Å². The molecule has 1 aliphatic heterocycles. The molecule has 15 heavy (non-hydrogen) atoms. The molecule has 0 aromatic rings. The van der Waals surface area contributed by atoms with Gasteiger partial charge in [-0.2, -0.15) is 0 Å². The molecule has 1 aliphatic rings. The zero-order valence-electron chi connectivity index (χ0n) is 8.22. The quantitative estimate of drug-likeness (QED) is 0.356. The monoisotopic (exact) mass is 246 g/mol. The van der Waals surface area contributed by atoms with Gasteiger partial charge in [-0.15, -0.1) is 0 Å². The Morgan fingerprint density at radius 2 is 1.87 bits per heavy atom. The number of aliphatic carboxylic acids is 1. The van der Waals surface area contributed by atoms with Gasteiger partial charge in [-0.1, -0.05) is 23.5 Å². The zero-order chi connectivity index (χ0) is 11.4. The third kappa shape index (κ3) is 3.32. The number of carboxylic acids is 1. The molecule has 0 amide bonds. The predicted octanol–water partition coefficient (Wildman–Crippen LogP) is 2.19. The van der Waals surface area contributed by atoms with E-state index in [0.717, 1.165) is 0 Å². The highest BCUT2D eigenvalue weighted by atomic mass is 32.2. The summed E-state index contributed by atoms with van der Waals surface area (Å²) in [5.74, 6) is -2.03. The van der Waals surface area contributed by atoms with E-state index < -0.39 is 11.9 Å². The van der Waals surface area contributed by atoms with Crippen molar-refractivity contribution in [1.82, 2.24) is 0 Å². The van der Waals surface area contributed by atoms with Crippen molar-refractivity contribution in [3.05, 3.63) is 20.6 Å². The van der Waals surface area contributed by atoms with Crippen LogP contribution in [0.25, 0.3) is 0 Å². The van der Waals surface area contributed by atoms with Crippen molar-refractivity contribution in [1.29, 1.82) is 0 Å². The second-order valence-corrected chi connectivity index (χ2v) is 5.02. The molecule has 1 N–H and O–H groups in total. The topological polar surface area (TPSA) is 63.6 Å². The first-order chi connectivity index (χ1) is 7.02. The maximum atomic E-state index is 11.5. The number of hydrogen-bond acceptors (Lipinski definition) is 5. The molecule has 0 saturated heterocycles. The second kappa shape index (κ2) is 5.27. The van der Waals surface area contributed by atoms with Gasteiger partial charge in [-0.05, 0) is 24.7 Å². The lowest BCUT2D eigenvalue weighted by molar-refractivity contribution is -0.146. The van der Waals surface area contributed by atoms with E-state index in [4.69, 9.17) is 9.84 Å². The van der Waals surface area contributed by atoms with Crippen molar-refractivity contribution in [2.45, 2.75) is 20.0 Å². The van der Waals surface area contributed by atoms with Crippen molar-refractivity contribution in [3.63, 3.8) is 0 Å². The molecule has 0 aromatic heterocycles. The van der Waals surface area contributed by atoms with E-state index in [-0.39, 0.29) is 11.7 Å². The largest absolute Gasteiger partial charge is 0.477 e. The fourth-order valence-corrected chi connectivity index (χ4v) is 2.68. The summed E-state index contributed by atoms with van der Waals surface area (Å²) >= 11 is 2.43. The summed E-state index contributed by atoms with van der Waals surface area (Å²) in [6, 6.07) is 0. The van der Waals surface area contributed by atoms with E-state index in [0.29, 0.717) is 4.24 Å². The normalized spacial score (nSPS) is 14.5. The minimum absolute atomic E-state index is 0.288. The van der Waals surface area contributed by atoms with Gasteiger partial charge in [0.25, 0.3) is 0 Å². The Bertz CT molecular complexity index is 334. The van der Waals surface area contributed by atoms with Crippen LogP contribution in [0.4, 0.5) is 0 Å². The predicted molar refractivity (Wildman–Crippen MR) is 60.2 cm³/mol. The van der Waals surface area contributed by atoms with Crippen LogP contribution in [0, 0.1) is 0 Å². The van der Waals surface area contributed by atoms with Gasteiger partial charge in [0.05, 0.1) is 10.3 Å². The summed E-state index contributed by atoms with van der Waals surface area (Å²) in [5.41, 5.74) is -0.288. The summed E-state index contributed by atoms with van der Waals surface area (Å²) in [6.07, 6.45) is -0.322. The third-order valence-electron chi connectivity index (χ3n) is 1.37. The Morgan fingerprint density at radius 3 is 2.27 bits per heavy atom. The minimum atomic E-state index is -1.25. The molecule has 0 radical (unpaired) electrons. The molecule has 0 unspecified atom stereocenters. The molecule has 0 atom stereocenters. The summed E-state index contributed by atoms with van der Waals surface area (Å²) in [5, 5.41) is 12.4. The van der Waals surface area contributed by atoms with Gasteiger partial charge in [0.1, 0.15) is 0 Å². The Balaban J connectivity index is 2.88. The number of esters is 1. The molecule has 1 heterocycles. The molecular formula is C9H10O4S2. The van der Waals surface area contributed by atoms with Crippen LogP contribution in [0.3, 0.4) is 0 Å². The van der Waals surface area contributed by atoms with E-state index in [9.17, 15) is 9.59 Å². The molecule has 0 saturated carbocycles. The van der Waals surface area contributed by atoms with Gasteiger partial charge >= 0.3 is 11.9 Å². The minimum Gasteiger partial charge on any atom is -0.477 e. The fraction of sp³-hybridized carbons (Fsp3) is 0.333. The van der Waals surface area contributed by atoms with Gasteiger partial charge in [-0.3, -0.25) is 0 Å². The summed E-state index contributed by atoms with van der Waals surface area (Å²) in [4.78, 5) is 22.4. The highest BCUT2D eigenvalue weighted by molar-refractivity contribution is 8.27. The maximum absolute atomic E-state index is 11.5. The van der Waals surface area contributed by atoms with Crippen LogP contribution in [-0.4, -0.2) is 23.1 Å².